The Kier molecular flexibility index (Phi) is 12.6. The van der Waals surface area contributed by atoms with Gasteiger partial charge in [-0.15, -0.1) is 13.2 Å². The minimum absolute atomic E-state index is 0.0282. The fourth-order valence-electron chi connectivity index (χ4n) is 2.93. The van der Waals surface area contributed by atoms with Gasteiger partial charge in [0.05, 0.1) is 19.1 Å². The lowest BCUT2D eigenvalue weighted by atomic mass is 9.99. The number of amides is 2. The Bertz CT molecular complexity index is 720. The molecule has 0 heterocycles. The number of hydrogen-bond acceptors (Lipinski definition) is 5. The zero-order valence-electron chi connectivity index (χ0n) is 18.2. The number of carbonyl (C=O) groups is 3. The van der Waals surface area contributed by atoms with Gasteiger partial charge in [0.2, 0.25) is 11.8 Å². The SMILES string of the molecule is C=CCCCC(=O)O[C@@H](CNC(=O)[C@H](CC=C)CC(=O)N[C@H](C)CO)c1ccccc1. The van der Waals surface area contributed by atoms with Crippen LogP contribution in [0, 0.1) is 5.92 Å². The molecule has 0 saturated heterocycles. The summed E-state index contributed by atoms with van der Waals surface area (Å²) in [5.74, 6) is -1.60. The first kappa shape index (κ1) is 26.1. The third kappa shape index (κ3) is 10.6. The van der Waals surface area contributed by atoms with Crippen molar-refractivity contribution in [3.63, 3.8) is 0 Å². The van der Waals surface area contributed by atoms with E-state index in [0.29, 0.717) is 12.8 Å². The molecule has 1 aromatic carbocycles. The molecule has 0 radical (unpaired) electrons. The molecule has 170 valence electrons. The quantitative estimate of drug-likeness (QED) is 0.225. The number of rotatable bonds is 15. The first-order valence-electron chi connectivity index (χ1n) is 10.5. The van der Waals surface area contributed by atoms with Gasteiger partial charge in [0.25, 0.3) is 0 Å². The lowest BCUT2D eigenvalue weighted by molar-refractivity contribution is -0.150. The van der Waals surface area contributed by atoms with E-state index in [9.17, 15) is 14.4 Å². The molecule has 0 saturated carbocycles. The lowest BCUT2D eigenvalue weighted by Crippen LogP contribution is -2.40. The number of benzene rings is 1. The predicted octanol–water partition coefficient (Wildman–Crippen LogP) is 2.82. The summed E-state index contributed by atoms with van der Waals surface area (Å²) in [6.07, 6.45) is 4.64. The zero-order chi connectivity index (χ0) is 23.1. The maximum absolute atomic E-state index is 12.7. The molecule has 0 fully saturated rings. The van der Waals surface area contributed by atoms with Gasteiger partial charge in [-0.25, -0.2) is 0 Å². The van der Waals surface area contributed by atoms with Crippen molar-refractivity contribution in [2.45, 2.75) is 51.2 Å². The smallest absolute Gasteiger partial charge is 0.306 e. The van der Waals surface area contributed by atoms with Crippen molar-refractivity contribution in [2.75, 3.05) is 13.2 Å². The summed E-state index contributed by atoms with van der Waals surface area (Å²) < 4.78 is 5.61. The van der Waals surface area contributed by atoms with E-state index in [1.165, 1.54) is 0 Å². The highest BCUT2D eigenvalue weighted by atomic mass is 16.5. The average Bonchev–Trinajstić information content (AvgIpc) is 2.76. The lowest BCUT2D eigenvalue weighted by Gasteiger charge is -2.21. The number of carbonyl (C=O) groups excluding carboxylic acids is 3. The van der Waals surface area contributed by atoms with Crippen LogP contribution in [0.3, 0.4) is 0 Å². The molecule has 7 heteroatoms. The second kappa shape index (κ2) is 15.0. The van der Waals surface area contributed by atoms with E-state index in [2.05, 4.69) is 23.8 Å². The molecule has 31 heavy (non-hydrogen) atoms. The fourth-order valence-corrected chi connectivity index (χ4v) is 2.93. The van der Waals surface area contributed by atoms with Crippen LogP contribution in [-0.2, 0) is 19.1 Å². The molecule has 1 aromatic rings. The largest absolute Gasteiger partial charge is 0.456 e. The predicted molar refractivity (Wildman–Crippen MR) is 120 cm³/mol. The van der Waals surface area contributed by atoms with Crippen LogP contribution in [0.4, 0.5) is 0 Å². The number of nitrogens with one attached hydrogen (secondary N) is 2. The molecule has 3 atom stereocenters. The van der Waals surface area contributed by atoms with E-state index >= 15 is 0 Å². The highest BCUT2D eigenvalue weighted by Crippen LogP contribution is 2.19. The number of unbranched alkanes of at least 4 members (excludes halogenated alkanes) is 1. The second-order valence-corrected chi connectivity index (χ2v) is 7.39. The van der Waals surface area contributed by atoms with Gasteiger partial charge >= 0.3 is 5.97 Å². The number of aliphatic hydroxyl groups excluding tert-OH is 1. The fraction of sp³-hybridized carbons (Fsp3) is 0.458. The maximum Gasteiger partial charge on any atom is 0.306 e. The summed E-state index contributed by atoms with van der Waals surface area (Å²) in [5, 5.41) is 14.5. The first-order chi connectivity index (χ1) is 14.9. The van der Waals surface area contributed by atoms with Gasteiger partial charge < -0.3 is 20.5 Å². The molecular weight excluding hydrogens is 396 g/mol. The van der Waals surface area contributed by atoms with Crippen LogP contribution >= 0.6 is 0 Å². The van der Waals surface area contributed by atoms with Crippen LogP contribution in [-0.4, -0.2) is 42.1 Å². The third-order valence-electron chi connectivity index (χ3n) is 4.63. The molecule has 0 aliphatic rings. The number of hydrogen-bond donors (Lipinski definition) is 3. The summed E-state index contributed by atoms with van der Waals surface area (Å²) in [4.78, 5) is 37.0. The molecular formula is C24H34N2O5. The molecule has 0 unspecified atom stereocenters. The number of ether oxygens (including phenoxy) is 1. The molecule has 3 N–H and O–H groups in total. The monoisotopic (exact) mass is 430 g/mol. The molecule has 2 amide bonds. The second-order valence-electron chi connectivity index (χ2n) is 7.39. The Balaban J connectivity index is 2.75. The van der Waals surface area contributed by atoms with Gasteiger partial charge in [-0.3, -0.25) is 14.4 Å². The van der Waals surface area contributed by atoms with E-state index in [-0.39, 0.29) is 49.8 Å². The average molecular weight is 431 g/mol. The van der Waals surface area contributed by atoms with E-state index in [1.54, 1.807) is 19.1 Å². The van der Waals surface area contributed by atoms with Crippen molar-refractivity contribution in [3.05, 3.63) is 61.2 Å². The molecule has 0 bridgehead atoms. The van der Waals surface area contributed by atoms with E-state index in [1.807, 2.05) is 30.3 Å². The minimum atomic E-state index is -0.631. The first-order valence-corrected chi connectivity index (χ1v) is 10.5. The van der Waals surface area contributed by atoms with Crippen molar-refractivity contribution in [1.29, 1.82) is 0 Å². The van der Waals surface area contributed by atoms with Crippen LogP contribution < -0.4 is 10.6 Å². The zero-order valence-corrected chi connectivity index (χ0v) is 18.2. The Hall–Kier alpha value is -2.93. The number of allylic oxidation sites excluding steroid dienone is 2. The molecule has 0 aliphatic heterocycles. The van der Waals surface area contributed by atoms with Gasteiger partial charge in [-0.1, -0.05) is 42.5 Å². The Morgan fingerprint density at radius 2 is 1.87 bits per heavy atom. The summed E-state index contributed by atoms with van der Waals surface area (Å²) in [6.45, 7) is 8.89. The molecule has 0 spiro atoms. The number of aliphatic hydroxyl groups is 1. The van der Waals surface area contributed by atoms with Crippen molar-refractivity contribution in [3.8, 4) is 0 Å². The minimum Gasteiger partial charge on any atom is -0.456 e. The van der Waals surface area contributed by atoms with Crippen LogP contribution in [0.2, 0.25) is 0 Å². The highest BCUT2D eigenvalue weighted by Gasteiger charge is 2.24. The van der Waals surface area contributed by atoms with Gasteiger partial charge in [0, 0.05) is 18.9 Å². The molecule has 7 nitrogen and oxygen atoms in total. The highest BCUT2D eigenvalue weighted by molar-refractivity contribution is 5.86. The normalized spacial score (nSPS) is 13.4. The van der Waals surface area contributed by atoms with Crippen molar-refractivity contribution >= 4 is 17.8 Å². The van der Waals surface area contributed by atoms with E-state index in [4.69, 9.17) is 9.84 Å². The molecule has 0 aliphatic carbocycles. The molecule has 1 rings (SSSR count). The van der Waals surface area contributed by atoms with Crippen molar-refractivity contribution in [2.24, 2.45) is 5.92 Å². The van der Waals surface area contributed by atoms with Gasteiger partial charge in [0.15, 0.2) is 0 Å². The van der Waals surface area contributed by atoms with Crippen molar-refractivity contribution in [1.82, 2.24) is 10.6 Å². The van der Waals surface area contributed by atoms with E-state index < -0.39 is 12.0 Å². The van der Waals surface area contributed by atoms with E-state index in [0.717, 1.165) is 12.0 Å². The van der Waals surface area contributed by atoms with Crippen LogP contribution in [0.25, 0.3) is 0 Å². The summed E-state index contributed by atoms with van der Waals surface area (Å²) in [6, 6.07) is 8.81. The Morgan fingerprint density at radius 1 is 1.16 bits per heavy atom. The third-order valence-corrected chi connectivity index (χ3v) is 4.63. The standard InChI is InChI=1S/C24H34N2O5/c1-4-6-8-14-23(29)31-21(19-12-9-7-10-13-19)16-25-24(30)20(11-5-2)15-22(28)26-18(3)17-27/h4-5,7,9-10,12-13,18,20-21,27H,1-2,6,8,11,14-17H2,3H3,(H,25,30)(H,26,28)/t18-,20-,21+/m1/s1. The van der Waals surface area contributed by atoms with Gasteiger partial charge in [0.1, 0.15) is 6.10 Å². The summed E-state index contributed by atoms with van der Waals surface area (Å²) in [7, 11) is 0. The van der Waals surface area contributed by atoms with Gasteiger partial charge in [-0.2, -0.15) is 0 Å². The van der Waals surface area contributed by atoms with Crippen LogP contribution in [0.5, 0.6) is 0 Å². The maximum atomic E-state index is 12.7. The number of esters is 1. The Morgan fingerprint density at radius 3 is 2.48 bits per heavy atom. The van der Waals surface area contributed by atoms with Crippen molar-refractivity contribution < 1.29 is 24.2 Å². The van der Waals surface area contributed by atoms with Crippen LogP contribution in [0.1, 0.15) is 50.7 Å². The van der Waals surface area contributed by atoms with Crippen LogP contribution in [0.15, 0.2) is 55.6 Å². The molecule has 0 aromatic heterocycles. The summed E-state index contributed by atoms with van der Waals surface area (Å²) in [5.41, 5.74) is 0.773. The summed E-state index contributed by atoms with van der Waals surface area (Å²) >= 11 is 0. The van der Waals surface area contributed by atoms with Gasteiger partial charge in [-0.05, 0) is 31.7 Å². The topological polar surface area (TPSA) is 105 Å². The Labute approximate surface area is 184 Å².